The lowest BCUT2D eigenvalue weighted by Crippen LogP contribution is -2.50. The van der Waals surface area contributed by atoms with E-state index in [1.807, 2.05) is 24.4 Å². The monoisotopic (exact) mass is 433 g/mol. The summed E-state index contributed by atoms with van der Waals surface area (Å²) in [7, 11) is 1.57. The first-order chi connectivity index (χ1) is 14.0. The topological polar surface area (TPSA) is 97.9 Å². The number of carboxylic acid groups (broad SMARTS) is 1. The third-order valence-electron chi connectivity index (χ3n) is 6.00. The van der Waals surface area contributed by atoms with Crippen LogP contribution in [0.5, 0.6) is 11.5 Å². The first-order valence-corrected chi connectivity index (χ1v) is 9.94. The fourth-order valence-electron chi connectivity index (χ4n) is 4.55. The van der Waals surface area contributed by atoms with Gasteiger partial charge in [0.1, 0.15) is 0 Å². The maximum absolute atomic E-state index is 10.9. The summed E-state index contributed by atoms with van der Waals surface area (Å²) in [5, 5.41) is 8.90. The van der Waals surface area contributed by atoms with Crippen LogP contribution in [-0.2, 0) is 11.2 Å². The molecule has 1 aromatic carbocycles. The number of carboxylic acids is 1. The molecular weight excluding hydrogens is 406 g/mol. The number of methoxy groups -OCH3 is 1. The van der Waals surface area contributed by atoms with Crippen molar-refractivity contribution in [2.45, 2.75) is 37.8 Å². The van der Waals surface area contributed by atoms with Gasteiger partial charge >= 0.3 is 5.97 Å². The molecule has 1 saturated heterocycles. The van der Waals surface area contributed by atoms with Gasteiger partial charge in [0, 0.05) is 43.0 Å². The Balaban J connectivity index is 0.00000256. The van der Waals surface area contributed by atoms with Crippen molar-refractivity contribution in [2.75, 3.05) is 26.8 Å². The fraction of sp³-hybridized carbons (Fsp3) is 0.455. The zero-order chi connectivity index (χ0) is 20.5. The summed E-state index contributed by atoms with van der Waals surface area (Å²) in [6, 6.07) is 8.30. The molecule has 0 spiro atoms. The molecule has 0 saturated carbocycles. The van der Waals surface area contributed by atoms with Crippen LogP contribution in [0.2, 0.25) is 0 Å². The highest BCUT2D eigenvalue weighted by atomic mass is 35.5. The van der Waals surface area contributed by atoms with E-state index in [1.165, 1.54) is 16.7 Å². The van der Waals surface area contributed by atoms with Crippen molar-refractivity contribution in [1.29, 1.82) is 0 Å². The minimum atomic E-state index is -1.01. The molecule has 30 heavy (non-hydrogen) atoms. The number of benzene rings is 1. The predicted octanol–water partition coefficient (Wildman–Crippen LogP) is 2.70. The molecule has 2 aliphatic rings. The Kier molecular flexibility index (Phi) is 6.85. The predicted molar refractivity (Wildman–Crippen MR) is 116 cm³/mol. The summed E-state index contributed by atoms with van der Waals surface area (Å²) in [6.07, 6.45) is 3.58. The third-order valence-corrected chi connectivity index (χ3v) is 6.00. The molecule has 3 heterocycles. The molecule has 7 nitrogen and oxygen atoms in total. The lowest BCUT2D eigenvalue weighted by Gasteiger charge is -2.46. The molecule has 0 aliphatic carbocycles. The Hall–Kier alpha value is -2.35. The van der Waals surface area contributed by atoms with Crippen LogP contribution in [0.4, 0.5) is 0 Å². The zero-order valence-corrected chi connectivity index (χ0v) is 18.0. The average Bonchev–Trinajstić information content (AvgIpc) is 2.71. The molecule has 3 atom stereocenters. The number of hydrogen-bond donors (Lipinski definition) is 2. The number of carbonyl (C=O) groups is 1. The molecule has 0 bridgehead atoms. The number of fused-ring (bicyclic) bond motifs is 3. The van der Waals surface area contributed by atoms with E-state index in [1.54, 1.807) is 7.11 Å². The highest BCUT2D eigenvalue weighted by molar-refractivity contribution is 5.85. The SMILES string of the molecule is COc1cc2c(cc1OCC(=O)O)CCN1CC(c3cc(C)ccn3)C(N)CC21.Cl. The van der Waals surface area contributed by atoms with Gasteiger partial charge < -0.3 is 20.3 Å². The van der Waals surface area contributed by atoms with Gasteiger partial charge in [-0.3, -0.25) is 9.88 Å². The van der Waals surface area contributed by atoms with E-state index in [9.17, 15) is 4.79 Å². The number of hydrogen-bond acceptors (Lipinski definition) is 6. The number of nitrogens with two attached hydrogens (primary N) is 1. The van der Waals surface area contributed by atoms with Gasteiger partial charge in [-0.25, -0.2) is 4.79 Å². The van der Waals surface area contributed by atoms with Crippen molar-refractivity contribution in [3.63, 3.8) is 0 Å². The summed E-state index contributed by atoms with van der Waals surface area (Å²) in [4.78, 5) is 17.9. The van der Waals surface area contributed by atoms with E-state index >= 15 is 0 Å². The number of aliphatic carboxylic acids is 1. The standard InChI is InChI=1S/C22H27N3O4.ClH/c1-13-3-5-24-18(7-13)16-11-25-6-4-14-8-21(29-12-22(26)27)20(28-2)9-15(14)19(25)10-17(16)23;/h3,5,7-9,16-17,19H,4,6,10-12,23H2,1-2H3,(H,26,27);1H. The summed E-state index contributed by atoms with van der Waals surface area (Å²) in [6.45, 7) is 3.50. The molecular formula is C22H28ClN3O4. The van der Waals surface area contributed by atoms with Crippen molar-refractivity contribution in [1.82, 2.24) is 9.88 Å². The van der Waals surface area contributed by atoms with Crippen LogP contribution in [0.25, 0.3) is 0 Å². The summed E-state index contributed by atoms with van der Waals surface area (Å²) < 4.78 is 10.9. The number of piperidine rings is 1. The minimum Gasteiger partial charge on any atom is -0.493 e. The van der Waals surface area contributed by atoms with Gasteiger partial charge in [0.05, 0.1) is 7.11 Å². The van der Waals surface area contributed by atoms with Crippen LogP contribution >= 0.6 is 12.4 Å². The first-order valence-electron chi connectivity index (χ1n) is 9.94. The third kappa shape index (κ3) is 4.38. The Morgan fingerprint density at radius 3 is 2.83 bits per heavy atom. The maximum atomic E-state index is 10.9. The van der Waals surface area contributed by atoms with E-state index in [0.29, 0.717) is 11.5 Å². The largest absolute Gasteiger partial charge is 0.493 e. The lowest BCUT2D eigenvalue weighted by molar-refractivity contribution is -0.139. The molecule has 8 heteroatoms. The second kappa shape index (κ2) is 9.20. The summed E-state index contributed by atoms with van der Waals surface area (Å²) in [5.74, 6) is 0.240. The Morgan fingerprint density at radius 2 is 2.13 bits per heavy atom. The quantitative estimate of drug-likeness (QED) is 0.747. The number of pyridine rings is 1. The Labute approximate surface area is 182 Å². The lowest BCUT2D eigenvalue weighted by atomic mass is 9.79. The smallest absolute Gasteiger partial charge is 0.341 e. The van der Waals surface area contributed by atoms with E-state index in [-0.39, 0.29) is 37.0 Å². The molecule has 4 rings (SSSR count). The van der Waals surface area contributed by atoms with Gasteiger partial charge in [-0.05, 0) is 60.7 Å². The van der Waals surface area contributed by atoms with Crippen molar-refractivity contribution >= 4 is 18.4 Å². The number of halogens is 1. The van der Waals surface area contributed by atoms with Gasteiger partial charge in [0.2, 0.25) is 0 Å². The van der Waals surface area contributed by atoms with Crippen molar-refractivity contribution in [3.05, 3.63) is 52.8 Å². The number of nitrogens with zero attached hydrogens (tertiary/aromatic N) is 2. The Bertz CT molecular complexity index is 923. The zero-order valence-electron chi connectivity index (χ0n) is 17.2. The minimum absolute atomic E-state index is 0. The average molecular weight is 434 g/mol. The highest BCUT2D eigenvalue weighted by Gasteiger charge is 2.39. The van der Waals surface area contributed by atoms with Crippen LogP contribution in [0, 0.1) is 6.92 Å². The second-order valence-electron chi connectivity index (χ2n) is 7.91. The van der Waals surface area contributed by atoms with E-state index < -0.39 is 5.97 Å². The molecule has 0 amide bonds. The van der Waals surface area contributed by atoms with E-state index in [0.717, 1.165) is 31.6 Å². The van der Waals surface area contributed by atoms with Gasteiger partial charge in [-0.2, -0.15) is 0 Å². The highest BCUT2D eigenvalue weighted by Crippen LogP contribution is 2.44. The Morgan fingerprint density at radius 1 is 1.33 bits per heavy atom. The normalized spacial score (nSPS) is 23.0. The molecule has 3 unspecified atom stereocenters. The maximum Gasteiger partial charge on any atom is 0.341 e. The molecule has 0 radical (unpaired) electrons. The molecule has 1 aromatic heterocycles. The molecule has 162 valence electrons. The van der Waals surface area contributed by atoms with Crippen LogP contribution in [-0.4, -0.2) is 53.8 Å². The van der Waals surface area contributed by atoms with Crippen LogP contribution in [0.3, 0.4) is 0 Å². The van der Waals surface area contributed by atoms with Crippen LogP contribution < -0.4 is 15.2 Å². The number of aryl methyl sites for hydroxylation is 1. The molecule has 1 fully saturated rings. The molecule has 3 N–H and O–H groups in total. The van der Waals surface area contributed by atoms with Crippen molar-refractivity contribution in [3.8, 4) is 11.5 Å². The van der Waals surface area contributed by atoms with Crippen molar-refractivity contribution < 1.29 is 19.4 Å². The first kappa shape index (κ1) is 22.3. The number of ether oxygens (including phenoxy) is 2. The molecule has 2 aliphatic heterocycles. The van der Waals surface area contributed by atoms with Crippen LogP contribution in [0.15, 0.2) is 30.5 Å². The fourth-order valence-corrected chi connectivity index (χ4v) is 4.55. The van der Waals surface area contributed by atoms with Crippen LogP contribution in [0.1, 0.15) is 40.8 Å². The van der Waals surface area contributed by atoms with Gasteiger partial charge in [-0.15, -0.1) is 12.4 Å². The summed E-state index contributed by atoms with van der Waals surface area (Å²) in [5.41, 5.74) is 11.3. The van der Waals surface area contributed by atoms with E-state index in [2.05, 4.69) is 22.9 Å². The second-order valence-corrected chi connectivity index (χ2v) is 7.91. The van der Waals surface area contributed by atoms with Gasteiger partial charge in [-0.1, -0.05) is 0 Å². The van der Waals surface area contributed by atoms with Gasteiger partial charge in [0.15, 0.2) is 18.1 Å². The summed E-state index contributed by atoms with van der Waals surface area (Å²) >= 11 is 0. The number of rotatable bonds is 5. The van der Waals surface area contributed by atoms with E-state index in [4.69, 9.17) is 20.3 Å². The molecule has 2 aromatic rings. The van der Waals surface area contributed by atoms with Crippen molar-refractivity contribution in [2.24, 2.45) is 5.73 Å². The van der Waals surface area contributed by atoms with Gasteiger partial charge in [0.25, 0.3) is 0 Å². The number of aromatic nitrogens is 1.